The summed E-state index contributed by atoms with van der Waals surface area (Å²) >= 11 is 1.37. The lowest BCUT2D eigenvalue weighted by molar-refractivity contribution is -0.118. The number of rotatable bonds is 4. The van der Waals surface area contributed by atoms with Crippen molar-refractivity contribution in [2.24, 2.45) is 0 Å². The van der Waals surface area contributed by atoms with Crippen LogP contribution >= 0.6 is 11.3 Å². The average Bonchev–Trinajstić information content (AvgIpc) is 3.29. The van der Waals surface area contributed by atoms with Gasteiger partial charge in [-0.15, -0.1) is 11.3 Å². The molecule has 1 aromatic heterocycles. The normalized spacial score (nSPS) is 19.1. The van der Waals surface area contributed by atoms with Crippen LogP contribution in [0.5, 0.6) is 5.75 Å². The largest absolute Gasteiger partial charge is 0.493 e. The predicted molar refractivity (Wildman–Crippen MR) is 92.7 cm³/mol. The summed E-state index contributed by atoms with van der Waals surface area (Å²) in [6.45, 7) is 0.522. The van der Waals surface area contributed by atoms with Crippen molar-refractivity contribution >= 4 is 28.2 Å². The predicted octanol–water partition coefficient (Wildman–Crippen LogP) is 3.15. The van der Waals surface area contributed by atoms with Gasteiger partial charge in [-0.05, 0) is 36.8 Å². The summed E-state index contributed by atoms with van der Waals surface area (Å²) in [7, 11) is 0. The summed E-state index contributed by atoms with van der Waals surface area (Å²) in [4.78, 5) is 25.0. The molecule has 0 bridgehead atoms. The third kappa shape index (κ3) is 3.01. The maximum absolute atomic E-state index is 12.7. The first kappa shape index (κ1) is 15.2. The Balaban J connectivity index is 1.51. The molecule has 0 radical (unpaired) electrons. The standard InChI is InChI=1S/C18H18N2O3S/c21-16(13-7-9-23-15-4-2-1-3-12(13)15)20-18-14(8-10-24-18)17(22)19-11-5-6-11/h1-4,8,10-11,13H,5-7,9H2,(H,19,22)(H,20,21)/t13-/m1/s1. The number of thiophene rings is 1. The van der Waals surface area contributed by atoms with Crippen molar-refractivity contribution in [1.82, 2.24) is 5.32 Å². The number of hydrogen-bond acceptors (Lipinski definition) is 4. The Morgan fingerprint density at radius 2 is 1.96 bits per heavy atom. The van der Waals surface area contributed by atoms with Gasteiger partial charge >= 0.3 is 0 Å². The Morgan fingerprint density at radius 3 is 2.79 bits per heavy atom. The molecule has 5 nitrogen and oxygen atoms in total. The monoisotopic (exact) mass is 342 g/mol. The van der Waals surface area contributed by atoms with E-state index in [4.69, 9.17) is 4.74 Å². The number of carbonyl (C=O) groups is 2. The van der Waals surface area contributed by atoms with Crippen LogP contribution in [0.4, 0.5) is 5.00 Å². The van der Waals surface area contributed by atoms with Crippen LogP contribution in [0.15, 0.2) is 35.7 Å². The van der Waals surface area contributed by atoms with Gasteiger partial charge in [0.2, 0.25) is 5.91 Å². The molecule has 0 saturated heterocycles. The van der Waals surface area contributed by atoms with Crippen LogP contribution in [-0.4, -0.2) is 24.5 Å². The van der Waals surface area contributed by atoms with E-state index in [1.54, 1.807) is 6.07 Å². The number of fused-ring (bicyclic) bond motifs is 1. The van der Waals surface area contributed by atoms with Crippen LogP contribution in [0.1, 0.15) is 41.1 Å². The van der Waals surface area contributed by atoms with Crippen molar-refractivity contribution in [3.8, 4) is 5.75 Å². The fourth-order valence-corrected chi connectivity index (χ4v) is 3.68. The highest BCUT2D eigenvalue weighted by molar-refractivity contribution is 7.14. The highest BCUT2D eigenvalue weighted by Gasteiger charge is 2.29. The smallest absolute Gasteiger partial charge is 0.254 e. The summed E-state index contributed by atoms with van der Waals surface area (Å²) in [5.74, 6) is 0.313. The second-order valence-corrected chi connectivity index (χ2v) is 7.04. The summed E-state index contributed by atoms with van der Waals surface area (Å²) in [5.41, 5.74) is 1.45. The lowest BCUT2D eigenvalue weighted by Gasteiger charge is -2.25. The summed E-state index contributed by atoms with van der Waals surface area (Å²) in [5, 5.41) is 8.34. The maximum Gasteiger partial charge on any atom is 0.254 e. The van der Waals surface area contributed by atoms with Crippen LogP contribution in [0.2, 0.25) is 0 Å². The molecular formula is C18H18N2O3S. The number of hydrogen-bond donors (Lipinski definition) is 2. The zero-order valence-electron chi connectivity index (χ0n) is 13.1. The maximum atomic E-state index is 12.7. The third-order valence-electron chi connectivity index (χ3n) is 4.33. The van der Waals surface area contributed by atoms with Gasteiger partial charge in [-0.25, -0.2) is 0 Å². The summed E-state index contributed by atoms with van der Waals surface area (Å²) in [6, 6.07) is 9.67. The fourth-order valence-electron chi connectivity index (χ4n) is 2.89. The quantitative estimate of drug-likeness (QED) is 0.897. The van der Waals surface area contributed by atoms with Crippen molar-refractivity contribution in [3.63, 3.8) is 0 Å². The Hall–Kier alpha value is -2.34. The first-order valence-electron chi connectivity index (χ1n) is 8.13. The molecule has 4 rings (SSSR count). The van der Waals surface area contributed by atoms with E-state index in [0.29, 0.717) is 29.6 Å². The van der Waals surface area contributed by atoms with Crippen molar-refractivity contribution in [1.29, 1.82) is 0 Å². The topological polar surface area (TPSA) is 67.4 Å². The molecule has 1 aliphatic carbocycles. The lowest BCUT2D eigenvalue weighted by Crippen LogP contribution is -2.28. The zero-order chi connectivity index (χ0) is 16.5. The number of benzene rings is 1. The van der Waals surface area contributed by atoms with E-state index in [2.05, 4.69) is 10.6 Å². The van der Waals surface area contributed by atoms with Gasteiger partial charge < -0.3 is 15.4 Å². The molecule has 0 unspecified atom stereocenters. The minimum Gasteiger partial charge on any atom is -0.493 e. The Bertz CT molecular complexity index is 782. The molecular weight excluding hydrogens is 324 g/mol. The molecule has 2 aromatic rings. The van der Waals surface area contributed by atoms with Crippen LogP contribution in [0.25, 0.3) is 0 Å². The van der Waals surface area contributed by atoms with Crippen LogP contribution in [0, 0.1) is 0 Å². The molecule has 2 aliphatic rings. The molecule has 24 heavy (non-hydrogen) atoms. The van der Waals surface area contributed by atoms with E-state index in [1.807, 2.05) is 29.6 Å². The summed E-state index contributed by atoms with van der Waals surface area (Å²) < 4.78 is 5.61. The molecule has 1 fully saturated rings. The van der Waals surface area contributed by atoms with Gasteiger partial charge in [0.1, 0.15) is 10.8 Å². The molecule has 0 spiro atoms. The van der Waals surface area contributed by atoms with Crippen molar-refractivity contribution in [2.45, 2.75) is 31.2 Å². The number of ether oxygens (including phenoxy) is 1. The van der Waals surface area contributed by atoms with E-state index < -0.39 is 0 Å². The Morgan fingerprint density at radius 1 is 1.12 bits per heavy atom. The fraction of sp³-hybridized carbons (Fsp3) is 0.333. The second kappa shape index (κ2) is 6.28. The van der Waals surface area contributed by atoms with Crippen molar-refractivity contribution < 1.29 is 14.3 Å². The molecule has 2 heterocycles. The van der Waals surface area contributed by atoms with Crippen molar-refractivity contribution in [2.75, 3.05) is 11.9 Å². The van der Waals surface area contributed by atoms with Gasteiger partial charge in [0.25, 0.3) is 5.91 Å². The van der Waals surface area contributed by atoms with Gasteiger partial charge in [0.05, 0.1) is 18.1 Å². The number of amides is 2. The van der Waals surface area contributed by atoms with Gasteiger partial charge in [-0.3, -0.25) is 9.59 Å². The van der Waals surface area contributed by atoms with Gasteiger partial charge in [-0.2, -0.15) is 0 Å². The number of nitrogens with one attached hydrogen (secondary N) is 2. The highest BCUT2D eigenvalue weighted by Crippen LogP contribution is 2.35. The van der Waals surface area contributed by atoms with Gasteiger partial charge in [0, 0.05) is 11.6 Å². The summed E-state index contributed by atoms with van der Waals surface area (Å²) in [6.07, 6.45) is 2.71. The number of para-hydroxylation sites is 1. The molecule has 1 saturated carbocycles. The molecule has 1 aromatic carbocycles. The van der Waals surface area contributed by atoms with Crippen LogP contribution in [0.3, 0.4) is 0 Å². The van der Waals surface area contributed by atoms with Crippen molar-refractivity contribution in [3.05, 3.63) is 46.8 Å². The van der Waals surface area contributed by atoms with E-state index in [1.165, 1.54) is 11.3 Å². The first-order chi connectivity index (χ1) is 11.7. The number of anilines is 1. The molecule has 2 amide bonds. The minimum absolute atomic E-state index is 0.0892. The molecule has 2 N–H and O–H groups in total. The average molecular weight is 342 g/mol. The van der Waals surface area contributed by atoms with Gasteiger partial charge in [-0.1, -0.05) is 18.2 Å². The highest BCUT2D eigenvalue weighted by atomic mass is 32.1. The zero-order valence-corrected chi connectivity index (χ0v) is 13.9. The Labute approximate surface area is 144 Å². The molecule has 6 heteroatoms. The van der Waals surface area contributed by atoms with E-state index in [-0.39, 0.29) is 17.7 Å². The Kier molecular flexibility index (Phi) is 3.98. The molecule has 124 valence electrons. The van der Waals surface area contributed by atoms with Crippen LogP contribution < -0.4 is 15.4 Å². The minimum atomic E-state index is -0.253. The second-order valence-electron chi connectivity index (χ2n) is 6.13. The van der Waals surface area contributed by atoms with E-state index in [9.17, 15) is 9.59 Å². The van der Waals surface area contributed by atoms with Gasteiger partial charge in [0.15, 0.2) is 0 Å². The molecule has 1 aliphatic heterocycles. The first-order valence-corrected chi connectivity index (χ1v) is 9.01. The van der Waals surface area contributed by atoms with E-state index in [0.717, 1.165) is 24.2 Å². The third-order valence-corrected chi connectivity index (χ3v) is 5.16. The lowest BCUT2D eigenvalue weighted by atomic mass is 9.92. The van der Waals surface area contributed by atoms with Crippen LogP contribution in [-0.2, 0) is 4.79 Å². The van der Waals surface area contributed by atoms with E-state index >= 15 is 0 Å². The molecule has 1 atom stereocenters. The number of carbonyl (C=O) groups excluding carboxylic acids is 2. The SMILES string of the molecule is O=C(NC1CC1)c1ccsc1NC(=O)[C@@H]1CCOc2ccccc21.